The molecule has 2 rings (SSSR count). The van der Waals surface area contributed by atoms with Gasteiger partial charge in [-0.1, -0.05) is 36.7 Å². The third kappa shape index (κ3) is 4.77. The Hall–Kier alpha value is -1.46. The van der Waals surface area contributed by atoms with E-state index in [2.05, 4.69) is 54.8 Å². The minimum Gasteiger partial charge on any atom is -0.543 e. The fourth-order valence-corrected chi connectivity index (χ4v) is 3.18. The average molecular weight is 408 g/mol. The van der Waals surface area contributed by atoms with Crippen molar-refractivity contribution in [2.45, 2.75) is 38.9 Å². The Bertz CT molecular complexity index is 736. The second kappa shape index (κ2) is 7.19. The molecule has 0 heterocycles. The predicted octanol–water partition coefficient (Wildman–Crippen LogP) is 6.72. The Balaban J connectivity index is 2.32. The lowest BCUT2D eigenvalue weighted by Gasteiger charge is -2.36. The standard InChI is InChI=1S/C19H23BrFNOSi/c1-19(2,3)24(4,5)23-18-12-15(20)7-6-14(18)13-22-17-10-8-16(21)9-11-17/h6-13H,1-5H3/b22-13+. The topological polar surface area (TPSA) is 21.6 Å². The second-order valence-electron chi connectivity index (χ2n) is 7.28. The first-order chi connectivity index (χ1) is 11.1. The molecule has 0 fully saturated rings. The van der Waals surface area contributed by atoms with Crippen LogP contribution in [0.4, 0.5) is 10.1 Å². The summed E-state index contributed by atoms with van der Waals surface area (Å²) in [7, 11) is -1.95. The van der Waals surface area contributed by atoms with Crippen molar-refractivity contribution in [1.82, 2.24) is 0 Å². The molecule has 0 radical (unpaired) electrons. The first-order valence-electron chi connectivity index (χ1n) is 7.87. The van der Waals surface area contributed by atoms with E-state index in [1.165, 1.54) is 12.1 Å². The zero-order valence-corrected chi connectivity index (χ0v) is 17.3. The Morgan fingerprint density at radius 2 is 1.71 bits per heavy atom. The first-order valence-corrected chi connectivity index (χ1v) is 11.6. The van der Waals surface area contributed by atoms with E-state index >= 15 is 0 Å². The zero-order valence-electron chi connectivity index (χ0n) is 14.7. The van der Waals surface area contributed by atoms with Crippen molar-refractivity contribution in [3.05, 3.63) is 58.3 Å². The van der Waals surface area contributed by atoms with Crippen molar-refractivity contribution in [1.29, 1.82) is 0 Å². The highest BCUT2D eigenvalue weighted by Crippen LogP contribution is 2.38. The molecule has 0 unspecified atom stereocenters. The summed E-state index contributed by atoms with van der Waals surface area (Å²) in [4.78, 5) is 4.43. The third-order valence-corrected chi connectivity index (χ3v) is 9.16. The molecule has 0 N–H and O–H groups in total. The van der Waals surface area contributed by atoms with Crippen LogP contribution in [0.2, 0.25) is 18.1 Å². The number of aliphatic imine (C=N–C) groups is 1. The molecule has 0 aromatic heterocycles. The normalized spacial score (nSPS) is 12.6. The van der Waals surface area contributed by atoms with Gasteiger partial charge in [-0.25, -0.2) is 4.39 Å². The third-order valence-electron chi connectivity index (χ3n) is 4.33. The quantitative estimate of drug-likeness (QED) is 0.406. The van der Waals surface area contributed by atoms with Crippen LogP contribution in [0.25, 0.3) is 0 Å². The maximum atomic E-state index is 13.0. The van der Waals surface area contributed by atoms with Crippen LogP contribution in [0, 0.1) is 5.82 Å². The lowest BCUT2D eigenvalue weighted by atomic mass is 10.2. The van der Waals surface area contributed by atoms with Crippen molar-refractivity contribution in [2.75, 3.05) is 0 Å². The van der Waals surface area contributed by atoms with Gasteiger partial charge in [0, 0.05) is 16.3 Å². The van der Waals surface area contributed by atoms with Crippen molar-refractivity contribution in [3.63, 3.8) is 0 Å². The molecule has 2 nitrogen and oxygen atoms in total. The summed E-state index contributed by atoms with van der Waals surface area (Å²) in [6, 6.07) is 12.0. The molecule has 0 amide bonds. The van der Waals surface area contributed by atoms with Gasteiger partial charge in [-0.3, -0.25) is 4.99 Å². The highest BCUT2D eigenvalue weighted by atomic mass is 79.9. The minimum atomic E-state index is -1.95. The molecular weight excluding hydrogens is 385 g/mol. The van der Waals surface area contributed by atoms with Gasteiger partial charge in [0.15, 0.2) is 0 Å². The lowest BCUT2D eigenvalue weighted by molar-refractivity contribution is 0.491. The lowest BCUT2D eigenvalue weighted by Crippen LogP contribution is -2.44. The van der Waals surface area contributed by atoms with Crippen LogP contribution in [-0.2, 0) is 0 Å². The van der Waals surface area contributed by atoms with Gasteiger partial charge < -0.3 is 4.43 Å². The molecule has 0 aliphatic rings. The number of rotatable bonds is 4. The van der Waals surface area contributed by atoms with Gasteiger partial charge in [0.1, 0.15) is 11.6 Å². The Morgan fingerprint density at radius 3 is 2.29 bits per heavy atom. The van der Waals surface area contributed by atoms with E-state index in [9.17, 15) is 4.39 Å². The first kappa shape index (κ1) is 18.9. The zero-order chi connectivity index (χ0) is 18.0. The molecule has 0 bridgehead atoms. The molecule has 128 valence electrons. The van der Waals surface area contributed by atoms with Gasteiger partial charge in [0.05, 0.1) is 5.69 Å². The summed E-state index contributed by atoms with van der Waals surface area (Å²) >= 11 is 3.51. The van der Waals surface area contributed by atoms with Crippen LogP contribution in [0.1, 0.15) is 26.3 Å². The molecule has 24 heavy (non-hydrogen) atoms. The summed E-state index contributed by atoms with van der Waals surface area (Å²) in [5.74, 6) is 0.557. The number of hydrogen-bond acceptors (Lipinski definition) is 2. The van der Waals surface area contributed by atoms with Gasteiger partial charge in [0.2, 0.25) is 0 Å². The Kier molecular flexibility index (Phi) is 5.66. The van der Waals surface area contributed by atoms with Crippen LogP contribution in [0.5, 0.6) is 5.75 Å². The SMILES string of the molecule is CC(C)(C)[Si](C)(C)Oc1cc(Br)ccc1/C=N/c1ccc(F)cc1. The monoisotopic (exact) mass is 407 g/mol. The highest BCUT2D eigenvalue weighted by Gasteiger charge is 2.39. The van der Waals surface area contributed by atoms with E-state index < -0.39 is 8.32 Å². The number of benzene rings is 2. The van der Waals surface area contributed by atoms with E-state index in [1.54, 1.807) is 18.3 Å². The van der Waals surface area contributed by atoms with Crippen molar-refractivity contribution < 1.29 is 8.82 Å². The van der Waals surface area contributed by atoms with Crippen molar-refractivity contribution in [2.24, 2.45) is 4.99 Å². The molecule has 5 heteroatoms. The Morgan fingerprint density at radius 1 is 1.08 bits per heavy atom. The number of hydrogen-bond donors (Lipinski definition) is 0. The van der Waals surface area contributed by atoms with Crippen LogP contribution >= 0.6 is 15.9 Å². The predicted molar refractivity (Wildman–Crippen MR) is 106 cm³/mol. The maximum absolute atomic E-state index is 13.0. The minimum absolute atomic E-state index is 0.112. The summed E-state index contributed by atoms with van der Waals surface area (Å²) in [5, 5.41) is 0.112. The van der Waals surface area contributed by atoms with E-state index in [-0.39, 0.29) is 10.9 Å². The van der Waals surface area contributed by atoms with Crippen LogP contribution in [0.15, 0.2) is 51.9 Å². The van der Waals surface area contributed by atoms with Gasteiger partial charge in [0.25, 0.3) is 8.32 Å². The van der Waals surface area contributed by atoms with E-state index in [0.717, 1.165) is 15.8 Å². The van der Waals surface area contributed by atoms with E-state index in [4.69, 9.17) is 4.43 Å². The van der Waals surface area contributed by atoms with Crippen molar-refractivity contribution >= 4 is 36.1 Å². The van der Waals surface area contributed by atoms with E-state index in [1.807, 2.05) is 18.2 Å². The molecule has 2 aromatic carbocycles. The molecule has 0 saturated carbocycles. The maximum Gasteiger partial charge on any atom is 0.250 e. The number of nitrogens with zero attached hydrogens (tertiary/aromatic N) is 1. The smallest absolute Gasteiger partial charge is 0.250 e. The summed E-state index contributed by atoms with van der Waals surface area (Å²) in [5.41, 5.74) is 1.62. The summed E-state index contributed by atoms with van der Waals surface area (Å²) in [6.45, 7) is 11.1. The van der Waals surface area contributed by atoms with Crippen LogP contribution < -0.4 is 4.43 Å². The van der Waals surface area contributed by atoms with Gasteiger partial charge in [-0.15, -0.1) is 0 Å². The molecule has 0 aliphatic carbocycles. The Labute approximate surface area is 153 Å². The number of halogens is 2. The molecule has 2 aromatic rings. The molecule has 0 spiro atoms. The fraction of sp³-hybridized carbons (Fsp3) is 0.316. The van der Waals surface area contributed by atoms with Crippen LogP contribution in [0.3, 0.4) is 0 Å². The molecule has 0 aliphatic heterocycles. The second-order valence-corrected chi connectivity index (χ2v) is 12.9. The molecule has 0 saturated heterocycles. The van der Waals surface area contributed by atoms with Gasteiger partial charge in [-0.05, 0) is 60.6 Å². The fourth-order valence-electron chi connectivity index (χ4n) is 1.80. The van der Waals surface area contributed by atoms with E-state index in [0.29, 0.717) is 5.69 Å². The van der Waals surface area contributed by atoms with Crippen molar-refractivity contribution in [3.8, 4) is 5.75 Å². The average Bonchev–Trinajstić information content (AvgIpc) is 2.46. The molecular formula is C19H23BrFNOSi. The summed E-state index contributed by atoms with van der Waals surface area (Å²) in [6.07, 6.45) is 1.77. The molecule has 0 atom stereocenters. The summed E-state index contributed by atoms with van der Waals surface area (Å²) < 4.78 is 20.4. The van der Waals surface area contributed by atoms with Gasteiger partial charge >= 0.3 is 0 Å². The highest BCUT2D eigenvalue weighted by molar-refractivity contribution is 9.10. The largest absolute Gasteiger partial charge is 0.543 e. The van der Waals surface area contributed by atoms with Gasteiger partial charge in [-0.2, -0.15) is 0 Å². The van der Waals surface area contributed by atoms with Crippen LogP contribution in [-0.4, -0.2) is 14.5 Å².